The first-order chi connectivity index (χ1) is 23.3. The van der Waals surface area contributed by atoms with Gasteiger partial charge in [0.1, 0.15) is 12.2 Å². The zero-order valence-corrected chi connectivity index (χ0v) is 31.6. The van der Waals surface area contributed by atoms with Crippen molar-refractivity contribution in [3.63, 3.8) is 0 Å². The summed E-state index contributed by atoms with van der Waals surface area (Å²) >= 11 is 0. The van der Waals surface area contributed by atoms with Crippen molar-refractivity contribution < 1.29 is 47.8 Å². The zero-order chi connectivity index (χ0) is 35.6. The Balaban J connectivity index is 3.71. The second kappa shape index (κ2) is 34.4. The van der Waals surface area contributed by atoms with Crippen molar-refractivity contribution in [1.29, 1.82) is 0 Å². The van der Waals surface area contributed by atoms with Crippen LogP contribution in [-0.4, -0.2) is 65.7 Å². The minimum absolute atomic E-state index is 0.181. The topological polar surface area (TPSA) is 149 Å². The number of ether oxygens (including phenoxy) is 2. The van der Waals surface area contributed by atoms with E-state index in [-0.39, 0.29) is 12.8 Å². The molecule has 3 unspecified atom stereocenters. The van der Waals surface area contributed by atoms with Crippen molar-refractivity contribution in [2.24, 2.45) is 0 Å². The van der Waals surface area contributed by atoms with Gasteiger partial charge in [-0.2, -0.15) is 0 Å². The van der Waals surface area contributed by atoms with Gasteiger partial charge < -0.3 is 24.6 Å². The molecule has 3 N–H and O–H groups in total. The lowest BCUT2D eigenvalue weighted by atomic mass is 10.0. The normalized spacial score (nSPS) is 14.0. The third-order valence-electron chi connectivity index (χ3n) is 8.57. The summed E-state index contributed by atoms with van der Waals surface area (Å²) in [5, 5.41) is 18.9. The number of phosphoric acid groups is 1. The summed E-state index contributed by atoms with van der Waals surface area (Å²) in [6, 6.07) is 0. The summed E-state index contributed by atoms with van der Waals surface area (Å²) < 4.78 is 32.1. The fraction of sp³-hybridized carbons (Fsp3) is 0.946. The highest BCUT2D eigenvalue weighted by Gasteiger charge is 2.27. The number of phosphoric ester groups is 1. The highest BCUT2D eigenvalue weighted by atomic mass is 31.2. The highest BCUT2D eigenvalue weighted by Crippen LogP contribution is 2.43. The van der Waals surface area contributed by atoms with E-state index in [0.717, 1.165) is 32.1 Å². The Morgan fingerprint density at radius 3 is 1.02 bits per heavy atom. The molecule has 3 atom stereocenters. The number of hydrogen-bond acceptors (Lipinski definition) is 9. The van der Waals surface area contributed by atoms with Crippen LogP contribution in [0.25, 0.3) is 0 Å². The summed E-state index contributed by atoms with van der Waals surface area (Å²) in [6.07, 6.45) is 29.1. The van der Waals surface area contributed by atoms with Crippen LogP contribution in [0.4, 0.5) is 0 Å². The predicted molar refractivity (Wildman–Crippen MR) is 192 cm³/mol. The largest absolute Gasteiger partial charge is 0.472 e. The van der Waals surface area contributed by atoms with Gasteiger partial charge in [0, 0.05) is 12.8 Å². The van der Waals surface area contributed by atoms with Gasteiger partial charge in [0.15, 0.2) is 0 Å². The maximum Gasteiger partial charge on any atom is 0.472 e. The fourth-order valence-electron chi connectivity index (χ4n) is 5.53. The van der Waals surface area contributed by atoms with E-state index in [4.69, 9.17) is 18.5 Å². The average Bonchev–Trinajstić information content (AvgIpc) is 3.07. The van der Waals surface area contributed by atoms with E-state index in [1.165, 1.54) is 116 Å². The first-order valence-electron chi connectivity index (χ1n) is 19.5. The molecule has 0 saturated carbocycles. The van der Waals surface area contributed by atoms with Crippen molar-refractivity contribution in [1.82, 2.24) is 0 Å². The maximum absolute atomic E-state index is 12.2. The molecular formula is C37H73O10P. The predicted octanol–water partition coefficient (Wildman–Crippen LogP) is 9.50. The van der Waals surface area contributed by atoms with Crippen LogP contribution in [0.3, 0.4) is 0 Å². The number of aliphatic hydroxyl groups is 2. The Morgan fingerprint density at radius 2 is 0.729 bits per heavy atom. The van der Waals surface area contributed by atoms with E-state index in [9.17, 15) is 29.3 Å². The molecule has 0 spiro atoms. The van der Waals surface area contributed by atoms with Crippen LogP contribution in [-0.2, 0) is 32.7 Å². The summed E-state index contributed by atoms with van der Waals surface area (Å²) in [5.74, 6) is -1.03. The molecule has 0 aliphatic heterocycles. The number of carbonyl (C=O) groups excluding carboxylic acids is 2. The summed E-state index contributed by atoms with van der Waals surface area (Å²) in [7, 11) is -4.60. The lowest BCUT2D eigenvalue weighted by molar-refractivity contribution is -0.153. The van der Waals surface area contributed by atoms with Gasteiger partial charge >= 0.3 is 19.8 Å². The molecule has 0 aliphatic rings. The lowest BCUT2D eigenvalue weighted by Gasteiger charge is -2.20. The van der Waals surface area contributed by atoms with Gasteiger partial charge in [0.05, 0.1) is 26.4 Å². The SMILES string of the molecule is CCCCCCCCCCCCCCCCCCCCCCCCC(=O)OC(CO)COP(=O)(O)OCC(CO)OC(=O)CCCCC. The van der Waals surface area contributed by atoms with Gasteiger partial charge in [-0.05, 0) is 12.8 Å². The average molecular weight is 709 g/mol. The van der Waals surface area contributed by atoms with E-state index >= 15 is 0 Å². The number of carbonyl (C=O) groups is 2. The molecule has 0 amide bonds. The summed E-state index contributed by atoms with van der Waals surface area (Å²) in [4.78, 5) is 33.9. The molecule has 0 fully saturated rings. The third-order valence-corrected chi connectivity index (χ3v) is 9.52. The van der Waals surface area contributed by atoms with Crippen LogP contribution < -0.4 is 0 Å². The number of hydrogen-bond donors (Lipinski definition) is 3. The van der Waals surface area contributed by atoms with Crippen molar-refractivity contribution in [3.8, 4) is 0 Å². The van der Waals surface area contributed by atoms with Crippen LogP contribution in [0.2, 0.25) is 0 Å². The summed E-state index contributed by atoms with van der Waals surface area (Å²) in [6.45, 7) is 2.01. The molecule has 0 heterocycles. The smallest absolute Gasteiger partial charge is 0.457 e. The molecule has 10 nitrogen and oxygen atoms in total. The molecule has 0 aromatic carbocycles. The van der Waals surface area contributed by atoms with Crippen LogP contribution >= 0.6 is 7.82 Å². The Kier molecular flexibility index (Phi) is 33.7. The van der Waals surface area contributed by atoms with Gasteiger partial charge in [-0.25, -0.2) is 4.57 Å². The second-order valence-corrected chi connectivity index (χ2v) is 14.7. The molecule has 48 heavy (non-hydrogen) atoms. The number of esters is 2. The Morgan fingerprint density at radius 1 is 0.479 bits per heavy atom. The molecule has 0 aromatic rings. The molecule has 286 valence electrons. The van der Waals surface area contributed by atoms with E-state index in [1.807, 2.05) is 6.92 Å². The van der Waals surface area contributed by atoms with E-state index in [1.54, 1.807) is 0 Å². The van der Waals surface area contributed by atoms with Crippen LogP contribution in [0, 0.1) is 0 Å². The van der Waals surface area contributed by atoms with Gasteiger partial charge in [-0.15, -0.1) is 0 Å². The van der Waals surface area contributed by atoms with Crippen molar-refractivity contribution in [2.75, 3.05) is 26.4 Å². The molecule has 0 aromatic heterocycles. The molecule has 0 bridgehead atoms. The summed E-state index contributed by atoms with van der Waals surface area (Å²) in [5.41, 5.74) is 0. The molecule has 0 radical (unpaired) electrons. The van der Waals surface area contributed by atoms with E-state index in [2.05, 4.69) is 6.92 Å². The van der Waals surface area contributed by atoms with E-state index < -0.39 is 58.4 Å². The quantitative estimate of drug-likeness (QED) is 0.0324. The van der Waals surface area contributed by atoms with Crippen LogP contribution in [0.15, 0.2) is 0 Å². The van der Waals surface area contributed by atoms with E-state index in [0.29, 0.717) is 12.8 Å². The van der Waals surface area contributed by atoms with Gasteiger partial charge in [0.25, 0.3) is 0 Å². The Labute approximate surface area is 293 Å². The lowest BCUT2D eigenvalue weighted by Crippen LogP contribution is -2.28. The van der Waals surface area contributed by atoms with Crippen molar-refractivity contribution in [3.05, 3.63) is 0 Å². The molecule has 0 aliphatic carbocycles. The van der Waals surface area contributed by atoms with Crippen molar-refractivity contribution >= 4 is 19.8 Å². The van der Waals surface area contributed by atoms with Crippen LogP contribution in [0.5, 0.6) is 0 Å². The fourth-order valence-corrected chi connectivity index (χ4v) is 6.31. The number of aliphatic hydroxyl groups excluding tert-OH is 2. The minimum atomic E-state index is -4.60. The molecular weight excluding hydrogens is 635 g/mol. The molecule has 0 saturated heterocycles. The third kappa shape index (κ3) is 32.2. The van der Waals surface area contributed by atoms with Crippen LogP contribution in [0.1, 0.15) is 187 Å². The maximum atomic E-state index is 12.2. The Hall–Kier alpha value is -1.03. The monoisotopic (exact) mass is 708 g/mol. The number of unbranched alkanes of at least 4 members (excludes halogenated alkanes) is 23. The van der Waals surface area contributed by atoms with Crippen molar-refractivity contribution in [2.45, 2.75) is 199 Å². The highest BCUT2D eigenvalue weighted by molar-refractivity contribution is 7.47. The number of rotatable bonds is 37. The standard InChI is InChI=1S/C37H73O10P/c1-3-5-7-8-9-10-11-12-13-14-15-16-17-18-19-20-21-22-23-24-25-27-29-37(41)47-35(31-39)33-45-48(42,43)44-32-34(30-38)46-36(40)28-26-6-4-2/h34-35,38-39H,3-33H2,1-2H3,(H,42,43). The molecule has 0 rings (SSSR count). The zero-order valence-electron chi connectivity index (χ0n) is 30.7. The van der Waals surface area contributed by atoms with Gasteiger partial charge in [-0.1, -0.05) is 162 Å². The molecule has 11 heteroatoms. The van der Waals surface area contributed by atoms with Gasteiger partial charge in [-0.3, -0.25) is 18.6 Å². The van der Waals surface area contributed by atoms with Gasteiger partial charge in [0.2, 0.25) is 0 Å². The Bertz CT molecular complexity index is 781. The second-order valence-electron chi connectivity index (χ2n) is 13.3. The minimum Gasteiger partial charge on any atom is -0.457 e. The first-order valence-corrected chi connectivity index (χ1v) is 21.0. The first kappa shape index (κ1) is 47.0.